The van der Waals surface area contributed by atoms with Crippen LogP contribution >= 0.6 is 0 Å². The van der Waals surface area contributed by atoms with Crippen LogP contribution in [0.25, 0.3) is 0 Å². The summed E-state index contributed by atoms with van der Waals surface area (Å²) in [6.07, 6.45) is 0. The first kappa shape index (κ1) is 7.38. The molecular formula is C7H8N4. The zero-order valence-corrected chi connectivity index (χ0v) is 5.83. The van der Waals surface area contributed by atoms with Crippen LogP contribution in [0.5, 0.6) is 0 Å². The summed E-state index contributed by atoms with van der Waals surface area (Å²) in [5.74, 6) is 5.14. The van der Waals surface area contributed by atoms with E-state index in [0.717, 1.165) is 0 Å². The van der Waals surface area contributed by atoms with Crippen LogP contribution in [0, 0.1) is 11.3 Å². The van der Waals surface area contributed by atoms with Crippen molar-refractivity contribution in [3.63, 3.8) is 0 Å². The van der Waals surface area contributed by atoms with E-state index >= 15 is 0 Å². The number of benzene rings is 1. The van der Waals surface area contributed by atoms with Crippen LogP contribution in [0.15, 0.2) is 18.2 Å². The lowest BCUT2D eigenvalue weighted by Gasteiger charge is -2.02. The molecule has 0 fully saturated rings. The van der Waals surface area contributed by atoms with Crippen LogP contribution in [0.2, 0.25) is 0 Å². The fourth-order valence-corrected chi connectivity index (χ4v) is 0.779. The Morgan fingerprint density at radius 2 is 2.18 bits per heavy atom. The highest BCUT2D eigenvalue weighted by Crippen LogP contribution is 2.16. The third-order valence-electron chi connectivity index (χ3n) is 1.32. The molecule has 0 aromatic heterocycles. The monoisotopic (exact) mass is 148 g/mol. The van der Waals surface area contributed by atoms with Gasteiger partial charge in [0.15, 0.2) is 0 Å². The summed E-state index contributed by atoms with van der Waals surface area (Å²) in [7, 11) is 0. The van der Waals surface area contributed by atoms with Crippen LogP contribution < -0.4 is 17.0 Å². The Bertz CT molecular complexity index is 300. The minimum absolute atomic E-state index is 0.488. The Kier molecular flexibility index (Phi) is 1.95. The molecule has 0 aliphatic heterocycles. The van der Waals surface area contributed by atoms with Gasteiger partial charge in [-0.3, -0.25) is 5.84 Å². The molecule has 0 heterocycles. The van der Waals surface area contributed by atoms with Gasteiger partial charge in [0, 0.05) is 5.69 Å². The van der Waals surface area contributed by atoms with Crippen molar-refractivity contribution in [2.75, 3.05) is 11.2 Å². The molecule has 1 rings (SSSR count). The SMILES string of the molecule is N#Cc1ccc(N)cc1NN. The van der Waals surface area contributed by atoms with Crippen molar-refractivity contribution in [2.45, 2.75) is 0 Å². The van der Waals surface area contributed by atoms with Gasteiger partial charge in [0.2, 0.25) is 0 Å². The maximum absolute atomic E-state index is 8.55. The molecule has 0 saturated carbocycles. The molecule has 0 radical (unpaired) electrons. The second-order valence-corrected chi connectivity index (χ2v) is 2.06. The number of hydrazine groups is 1. The van der Waals surface area contributed by atoms with Crippen LogP contribution in [-0.2, 0) is 0 Å². The maximum atomic E-state index is 8.55. The molecule has 0 aliphatic rings. The van der Waals surface area contributed by atoms with Crippen LogP contribution in [0.1, 0.15) is 5.56 Å². The average molecular weight is 148 g/mol. The standard InChI is InChI=1S/C7H8N4/c8-4-5-1-2-6(9)3-7(5)11-10/h1-3,11H,9-10H2. The molecule has 1 aromatic carbocycles. The Labute approximate surface area is 64.4 Å². The van der Waals surface area contributed by atoms with E-state index in [2.05, 4.69) is 5.43 Å². The number of hydrogen-bond donors (Lipinski definition) is 3. The van der Waals surface area contributed by atoms with Crippen molar-refractivity contribution in [2.24, 2.45) is 5.84 Å². The van der Waals surface area contributed by atoms with E-state index in [0.29, 0.717) is 16.9 Å². The first-order chi connectivity index (χ1) is 5.27. The Morgan fingerprint density at radius 3 is 2.73 bits per heavy atom. The maximum Gasteiger partial charge on any atom is 0.101 e. The van der Waals surface area contributed by atoms with Crippen molar-refractivity contribution in [3.05, 3.63) is 23.8 Å². The lowest BCUT2D eigenvalue weighted by Crippen LogP contribution is -2.08. The van der Waals surface area contributed by atoms with E-state index in [1.807, 2.05) is 6.07 Å². The van der Waals surface area contributed by atoms with Crippen molar-refractivity contribution in [1.29, 1.82) is 5.26 Å². The lowest BCUT2D eigenvalue weighted by atomic mass is 10.2. The second kappa shape index (κ2) is 2.90. The van der Waals surface area contributed by atoms with Gasteiger partial charge in [0.05, 0.1) is 11.3 Å². The highest BCUT2D eigenvalue weighted by molar-refractivity contribution is 5.63. The van der Waals surface area contributed by atoms with Crippen molar-refractivity contribution >= 4 is 11.4 Å². The molecule has 11 heavy (non-hydrogen) atoms. The summed E-state index contributed by atoms with van der Waals surface area (Å²) in [4.78, 5) is 0. The molecule has 0 spiro atoms. The minimum atomic E-state index is 0.488. The summed E-state index contributed by atoms with van der Waals surface area (Å²) >= 11 is 0. The van der Waals surface area contributed by atoms with E-state index in [9.17, 15) is 0 Å². The van der Waals surface area contributed by atoms with Gasteiger partial charge in [-0.05, 0) is 18.2 Å². The highest BCUT2D eigenvalue weighted by Gasteiger charge is 1.98. The summed E-state index contributed by atoms with van der Waals surface area (Å²) in [6.45, 7) is 0. The van der Waals surface area contributed by atoms with Gasteiger partial charge in [-0.25, -0.2) is 0 Å². The van der Waals surface area contributed by atoms with Gasteiger partial charge in [0.1, 0.15) is 6.07 Å². The molecule has 4 nitrogen and oxygen atoms in total. The Morgan fingerprint density at radius 1 is 1.45 bits per heavy atom. The molecule has 0 amide bonds. The van der Waals surface area contributed by atoms with Gasteiger partial charge in [-0.1, -0.05) is 0 Å². The predicted octanol–water partition coefficient (Wildman–Crippen LogP) is 0.426. The Balaban J connectivity index is 3.19. The second-order valence-electron chi connectivity index (χ2n) is 2.06. The van der Waals surface area contributed by atoms with Gasteiger partial charge < -0.3 is 11.2 Å². The highest BCUT2D eigenvalue weighted by atomic mass is 15.2. The van der Waals surface area contributed by atoms with E-state index in [-0.39, 0.29) is 0 Å². The average Bonchev–Trinajstić information content (AvgIpc) is 2.04. The van der Waals surface area contributed by atoms with Crippen LogP contribution in [-0.4, -0.2) is 0 Å². The molecule has 5 N–H and O–H groups in total. The molecule has 0 atom stereocenters. The number of nitriles is 1. The van der Waals surface area contributed by atoms with E-state index < -0.39 is 0 Å². The summed E-state index contributed by atoms with van der Waals surface area (Å²) in [5.41, 5.74) is 9.45. The van der Waals surface area contributed by atoms with E-state index in [4.69, 9.17) is 16.8 Å². The van der Waals surface area contributed by atoms with Gasteiger partial charge in [-0.15, -0.1) is 0 Å². The fraction of sp³-hybridized carbons (Fsp3) is 0. The zero-order valence-electron chi connectivity index (χ0n) is 5.83. The summed E-state index contributed by atoms with van der Waals surface area (Å²) < 4.78 is 0. The molecule has 56 valence electrons. The fourth-order valence-electron chi connectivity index (χ4n) is 0.779. The first-order valence-corrected chi connectivity index (χ1v) is 3.04. The lowest BCUT2D eigenvalue weighted by molar-refractivity contribution is 1.33. The molecule has 0 saturated heterocycles. The van der Waals surface area contributed by atoms with Crippen molar-refractivity contribution in [3.8, 4) is 6.07 Å². The summed E-state index contributed by atoms with van der Waals surface area (Å²) in [6, 6.07) is 6.85. The zero-order chi connectivity index (χ0) is 8.27. The first-order valence-electron chi connectivity index (χ1n) is 3.04. The third-order valence-corrected chi connectivity index (χ3v) is 1.32. The number of rotatable bonds is 1. The normalized spacial score (nSPS) is 8.73. The number of nitrogens with one attached hydrogen (secondary N) is 1. The molecular weight excluding hydrogens is 140 g/mol. The molecule has 4 heteroatoms. The van der Waals surface area contributed by atoms with Gasteiger partial charge in [0.25, 0.3) is 0 Å². The quantitative estimate of drug-likeness (QED) is 0.306. The van der Waals surface area contributed by atoms with E-state index in [1.54, 1.807) is 18.2 Å². The number of hydrogen-bond acceptors (Lipinski definition) is 4. The molecule has 0 unspecified atom stereocenters. The van der Waals surface area contributed by atoms with Gasteiger partial charge >= 0.3 is 0 Å². The summed E-state index contributed by atoms with van der Waals surface area (Å²) in [5, 5.41) is 8.55. The predicted molar refractivity (Wildman–Crippen MR) is 43.4 cm³/mol. The van der Waals surface area contributed by atoms with Crippen LogP contribution in [0.3, 0.4) is 0 Å². The Hall–Kier alpha value is -1.73. The van der Waals surface area contributed by atoms with E-state index in [1.165, 1.54) is 0 Å². The topological polar surface area (TPSA) is 87.9 Å². The van der Waals surface area contributed by atoms with Gasteiger partial charge in [-0.2, -0.15) is 5.26 Å². The van der Waals surface area contributed by atoms with Crippen molar-refractivity contribution in [1.82, 2.24) is 0 Å². The number of nitrogen functional groups attached to an aromatic ring is 2. The number of nitrogens with zero attached hydrogens (tertiary/aromatic N) is 1. The number of anilines is 2. The van der Waals surface area contributed by atoms with Crippen LogP contribution in [0.4, 0.5) is 11.4 Å². The molecule has 1 aromatic rings. The number of nitrogens with two attached hydrogens (primary N) is 2. The third kappa shape index (κ3) is 1.39. The smallest absolute Gasteiger partial charge is 0.101 e. The van der Waals surface area contributed by atoms with Crippen molar-refractivity contribution < 1.29 is 0 Å². The molecule has 0 bridgehead atoms. The largest absolute Gasteiger partial charge is 0.399 e. The molecule has 0 aliphatic carbocycles. The minimum Gasteiger partial charge on any atom is -0.399 e.